The highest BCUT2D eigenvalue weighted by molar-refractivity contribution is 8.05. The van der Waals surface area contributed by atoms with E-state index in [1.54, 1.807) is 17.2 Å². The predicted octanol–water partition coefficient (Wildman–Crippen LogP) is 3.87. The number of rotatable bonds is 7. The van der Waals surface area contributed by atoms with Crippen LogP contribution in [0.5, 0.6) is 11.5 Å². The summed E-state index contributed by atoms with van der Waals surface area (Å²) in [5.74, 6) is 0.471. The smallest absolute Gasteiger partial charge is 0.337 e. The van der Waals surface area contributed by atoms with Crippen molar-refractivity contribution in [2.75, 3.05) is 20.3 Å². The third-order valence-corrected chi connectivity index (χ3v) is 6.60. The van der Waals surface area contributed by atoms with Crippen LogP contribution < -0.4 is 14.8 Å². The molecule has 34 heavy (non-hydrogen) atoms. The normalized spacial score (nSPS) is 20.8. The van der Waals surface area contributed by atoms with E-state index in [1.807, 2.05) is 57.2 Å². The van der Waals surface area contributed by atoms with Crippen LogP contribution in [0, 0.1) is 0 Å². The van der Waals surface area contributed by atoms with Gasteiger partial charge in [0.1, 0.15) is 0 Å². The summed E-state index contributed by atoms with van der Waals surface area (Å²) >= 11 is 1.39. The quantitative estimate of drug-likeness (QED) is 0.471. The highest BCUT2D eigenvalue weighted by Gasteiger charge is 2.48. The van der Waals surface area contributed by atoms with E-state index in [0.717, 1.165) is 5.56 Å². The van der Waals surface area contributed by atoms with Crippen LogP contribution in [0.3, 0.4) is 0 Å². The van der Waals surface area contributed by atoms with Crippen molar-refractivity contribution in [1.82, 2.24) is 15.2 Å². The fourth-order valence-electron chi connectivity index (χ4n) is 4.05. The lowest BCUT2D eigenvalue weighted by molar-refractivity contribution is -0.138. The molecule has 4 rings (SSSR count). The molecular weight excluding hydrogens is 454 g/mol. The number of methoxy groups -OCH3 is 1. The maximum Gasteiger partial charge on any atom is 0.337 e. The fourth-order valence-corrected chi connectivity index (χ4v) is 5.25. The molecule has 2 aromatic rings. The third kappa shape index (κ3) is 4.48. The summed E-state index contributed by atoms with van der Waals surface area (Å²) in [5, 5.41) is 3.29. The topological polar surface area (TPSA) is 90.0 Å². The molecule has 1 aromatic carbocycles. The van der Waals surface area contributed by atoms with Crippen LogP contribution in [0.25, 0.3) is 6.08 Å². The minimum atomic E-state index is -0.664. The van der Waals surface area contributed by atoms with E-state index >= 15 is 0 Å². The maximum atomic E-state index is 13.6. The van der Waals surface area contributed by atoms with Crippen LogP contribution in [-0.4, -0.2) is 47.6 Å². The second kappa shape index (κ2) is 10.2. The number of benzene rings is 1. The van der Waals surface area contributed by atoms with E-state index in [9.17, 15) is 9.59 Å². The molecule has 1 amide bonds. The number of aromatic nitrogens is 1. The predicted molar refractivity (Wildman–Crippen MR) is 130 cm³/mol. The molecule has 1 saturated heterocycles. The summed E-state index contributed by atoms with van der Waals surface area (Å²) in [6.07, 6.45) is 3.45. The zero-order valence-electron chi connectivity index (χ0n) is 19.5. The van der Waals surface area contributed by atoms with Crippen LogP contribution >= 0.6 is 11.8 Å². The van der Waals surface area contributed by atoms with E-state index < -0.39 is 12.0 Å². The van der Waals surface area contributed by atoms with Gasteiger partial charge in [-0.3, -0.25) is 14.7 Å². The average molecular weight is 482 g/mol. The zero-order valence-corrected chi connectivity index (χ0v) is 20.3. The summed E-state index contributed by atoms with van der Waals surface area (Å²) in [5.41, 5.74) is 2.06. The average Bonchev–Trinajstić information content (AvgIpc) is 3.14. The van der Waals surface area contributed by atoms with Crippen molar-refractivity contribution in [1.29, 1.82) is 0 Å². The standard InChI is InChI=1S/C25H27N3O5S/c1-5-32-18-11-10-16(13-19(18)33-6-2)22-21(24(30)31-4)15(3)27-25-28(22)23(29)20(34-25)14-17-9-7-8-12-26-17/h7-14,22,25,27H,5-6H2,1-4H3/b20-14-/t22-,25-/m0/s1. The second-order valence-corrected chi connectivity index (χ2v) is 8.72. The van der Waals surface area contributed by atoms with Gasteiger partial charge >= 0.3 is 5.97 Å². The molecule has 2 atom stereocenters. The summed E-state index contributed by atoms with van der Waals surface area (Å²) in [7, 11) is 1.34. The van der Waals surface area contributed by atoms with Crippen molar-refractivity contribution < 1.29 is 23.8 Å². The molecule has 1 aromatic heterocycles. The first-order chi connectivity index (χ1) is 16.5. The van der Waals surface area contributed by atoms with Gasteiger partial charge in [-0.1, -0.05) is 23.9 Å². The lowest BCUT2D eigenvalue weighted by Gasteiger charge is -2.39. The number of pyridine rings is 1. The molecular formula is C25H27N3O5S. The lowest BCUT2D eigenvalue weighted by Crippen LogP contribution is -2.49. The van der Waals surface area contributed by atoms with E-state index in [2.05, 4.69) is 10.3 Å². The SMILES string of the molecule is CCOc1ccc([C@H]2C(C(=O)OC)=C(C)N[C@@H]3S/C(=C\c4ccccn4)C(=O)N32)cc1OCC. The Morgan fingerprint density at radius 2 is 1.94 bits per heavy atom. The Balaban J connectivity index is 1.81. The number of hydrogen-bond donors (Lipinski definition) is 1. The largest absolute Gasteiger partial charge is 0.490 e. The molecule has 8 nitrogen and oxygen atoms in total. The summed E-state index contributed by atoms with van der Waals surface area (Å²) < 4.78 is 16.6. The number of hydrogen-bond acceptors (Lipinski definition) is 8. The highest BCUT2D eigenvalue weighted by Crippen LogP contribution is 2.47. The van der Waals surface area contributed by atoms with E-state index in [4.69, 9.17) is 14.2 Å². The second-order valence-electron chi connectivity index (χ2n) is 7.60. The molecule has 3 heterocycles. The third-order valence-electron chi connectivity index (χ3n) is 5.49. The molecule has 0 saturated carbocycles. The molecule has 2 aliphatic heterocycles. The highest BCUT2D eigenvalue weighted by atomic mass is 32.2. The van der Waals surface area contributed by atoms with E-state index in [0.29, 0.717) is 46.6 Å². The Morgan fingerprint density at radius 1 is 1.18 bits per heavy atom. The van der Waals surface area contributed by atoms with Crippen LogP contribution in [0.2, 0.25) is 0 Å². The maximum absolute atomic E-state index is 13.6. The molecule has 0 unspecified atom stereocenters. The van der Waals surface area contributed by atoms with Gasteiger partial charge < -0.3 is 19.5 Å². The number of fused-ring (bicyclic) bond motifs is 1. The Bertz CT molecular complexity index is 1150. The van der Waals surface area contributed by atoms with Crippen molar-refractivity contribution in [2.45, 2.75) is 32.3 Å². The van der Waals surface area contributed by atoms with Gasteiger partial charge in [-0.15, -0.1) is 0 Å². The van der Waals surface area contributed by atoms with E-state index in [1.165, 1.54) is 18.9 Å². The first kappa shape index (κ1) is 23.7. The number of thioether (sulfide) groups is 1. The first-order valence-electron chi connectivity index (χ1n) is 11.1. The lowest BCUT2D eigenvalue weighted by atomic mass is 9.93. The molecule has 0 spiro atoms. The molecule has 178 valence electrons. The van der Waals surface area contributed by atoms with Crippen molar-refractivity contribution in [3.05, 3.63) is 70.0 Å². The summed E-state index contributed by atoms with van der Waals surface area (Å²) in [6.45, 7) is 6.55. The Hall–Kier alpha value is -3.46. The van der Waals surface area contributed by atoms with Gasteiger partial charge in [-0.2, -0.15) is 0 Å². The number of nitrogens with zero attached hydrogens (tertiary/aromatic N) is 2. The number of nitrogens with one attached hydrogen (secondary N) is 1. The van der Waals surface area contributed by atoms with Crippen LogP contribution in [0.4, 0.5) is 0 Å². The van der Waals surface area contributed by atoms with E-state index in [-0.39, 0.29) is 11.4 Å². The van der Waals surface area contributed by atoms with Gasteiger partial charge in [0.05, 0.1) is 42.5 Å². The van der Waals surface area contributed by atoms with Crippen molar-refractivity contribution in [3.63, 3.8) is 0 Å². The number of amides is 1. The summed E-state index contributed by atoms with van der Waals surface area (Å²) in [6, 6.07) is 10.4. The summed E-state index contributed by atoms with van der Waals surface area (Å²) in [4.78, 5) is 33.0. The first-order valence-corrected chi connectivity index (χ1v) is 11.9. The minimum absolute atomic E-state index is 0.195. The molecule has 1 N–H and O–H groups in total. The van der Waals surface area contributed by atoms with Crippen LogP contribution in [0.1, 0.15) is 38.1 Å². The van der Waals surface area contributed by atoms with Crippen molar-refractivity contribution in [3.8, 4) is 11.5 Å². The zero-order chi connectivity index (χ0) is 24.2. The molecule has 1 fully saturated rings. The number of allylic oxidation sites excluding steroid dienone is 1. The number of carbonyl (C=O) groups excluding carboxylic acids is 2. The van der Waals surface area contributed by atoms with Gasteiger partial charge in [0, 0.05) is 11.9 Å². The van der Waals surface area contributed by atoms with Crippen molar-refractivity contribution in [2.24, 2.45) is 0 Å². The monoisotopic (exact) mass is 481 g/mol. The van der Waals surface area contributed by atoms with Gasteiger partial charge in [0.15, 0.2) is 17.0 Å². The van der Waals surface area contributed by atoms with Crippen LogP contribution in [-0.2, 0) is 14.3 Å². The molecule has 0 bridgehead atoms. The van der Waals surface area contributed by atoms with Gasteiger partial charge in [0.2, 0.25) is 0 Å². The van der Waals surface area contributed by atoms with Gasteiger partial charge in [-0.05, 0) is 56.7 Å². The fraction of sp³-hybridized carbons (Fsp3) is 0.320. The molecule has 0 radical (unpaired) electrons. The Kier molecular flexibility index (Phi) is 7.12. The molecule has 2 aliphatic rings. The number of esters is 1. The minimum Gasteiger partial charge on any atom is -0.490 e. The molecule has 0 aliphatic carbocycles. The van der Waals surface area contributed by atoms with Crippen LogP contribution in [0.15, 0.2) is 58.8 Å². The van der Waals surface area contributed by atoms with Crippen molar-refractivity contribution >= 4 is 29.7 Å². The van der Waals surface area contributed by atoms with Gasteiger partial charge in [0.25, 0.3) is 5.91 Å². The Morgan fingerprint density at radius 3 is 2.62 bits per heavy atom. The number of ether oxygens (including phenoxy) is 3. The van der Waals surface area contributed by atoms with Gasteiger partial charge in [-0.25, -0.2) is 4.79 Å². The molecule has 9 heteroatoms. The number of carbonyl (C=O) groups is 2. The Labute approximate surface area is 203 Å².